The minimum absolute atomic E-state index is 0.103. The van der Waals surface area contributed by atoms with Gasteiger partial charge >= 0.3 is 0 Å². The summed E-state index contributed by atoms with van der Waals surface area (Å²) in [5.74, 6) is 1.15. The lowest BCUT2D eigenvalue weighted by Gasteiger charge is -2.13. The Labute approximate surface area is 175 Å². The highest BCUT2D eigenvalue weighted by atomic mass is 16.5. The van der Waals surface area contributed by atoms with E-state index >= 15 is 0 Å². The van der Waals surface area contributed by atoms with Crippen molar-refractivity contribution in [3.8, 4) is 0 Å². The first kappa shape index (κ1) is 21.2. The second kappa shape index (κ2) is 9.82. The smallest absolute Gasteiger partial charge is 0.255 e. The molecule has 0 spiro atoms. The van der Waals surface area contributed by atoms with Crippen molar-refractivity contribution < 1.29 is 14.1 Å². The average molecular weight is 406 g/mol. The molecule has 156 valence electrons. The molecule has 2 aromatic carbocycles. The van der Waals surface area contributed by atoms with Crippen molar-refractivity contribution in [3.05, 3.63) is 71.4 Å². The van der Waals surface area contributed by atoms with Crippen molar-refractivity contribution in [1.29, 1.82) is 0 Å². The fraction of sp³-hybridized carbons (Fsp3) is 0.304. The molecule has 7 heteroatoms. The Kier molecular flexibility index (Phi) is 6.95. The van der Waals surface area contributed by atoms with Gasteiger partial charge in [0.1, 0.15) is 0 Å². The van der Waals surface area contributed by atoms with Gasteiger partial charge in [0, 0.05) is 35.7 Å². The van der Waals surface area contributed by atoms with Crippen molar-refractivity contribution in [1.82, 2.24) is 10.1 Å². The second-order valence-corrected chi connectivity index (χ2v) is 7.40. The van der Waals surface area contributed by atoms with Gasteiger partial charge in [-0.1, -0.05) is 43.3 Å². The zero-order chi connectivity index (χ0) is 21.5. The standard InChI is InChI=1S/C23H26N4O3/c1-15(2)22-26-21(30-27-22)14-8-13-20(28)24-18-11-7-12-19(16(18)3)25-23(29)17-9-5-4-6-10-17/h4-7,9-12,15H,8,13-14H2,1-3H3,(H,24,28)(H,25,29). The van der Waals surface area contributed by atoms with Crippen LogP contribution in [-0.4, -0.2) is 22.0 Å². The van der Waals surface area contributed by atoms with Gasteiger partial charge in [-0.2, -0.15) is 4.98 Å². The van der Waals surface area contributed by atoms with E-state index < -0.39 is 0 Å². The highest BCUT2D eigenvalue weighted by molar-refractivity contribution is 6.05. The monoisotopic (exact) mass is 406 g/mol. The number of nitrogens with zero attached hydrogens (tertiary/aromatic N) is 2. The Morgan fingerprint density at radius 1 is 1.00 bits per heavy atom. The molecule has 1 heterocycles. The number of nitrogens with one attached hydrogen (secondary N) is 2. The first-order valence-electron chi connectivity index (χ1n) is 10.0. The maximum atomic E-state index is 12.4. The predicted molar refractivity (Wildman–Crippen MR) is 116 cm³/mol. The lowest BCUT2D eigenvalue weighted by atomic mass is 10.1. The zero-order valence-electron chi connectivity index (χ0n) is 17.4. The topological polar surface area (TPSA) is 97.1 Å². The summed E-state index contributed by atoms with van der Waals surface area (Å²) < 4.78 is 5.20. The maximum Gasteiger partial charge on any atom is 0.255 e. The summed E-state index contributed by atoms with van der Waals surface area (Å²) in [5, 5.41) is 9.74. The molecule has 0 fully saturated rings. The molecule has 0 unspecified atom stereocenters. The third-order valence-corrected chi connectivity index (χ3v) is 4.69. The molecule has 0 aliphatic carbocycles. The maximum absolute atomic E-state index is 12.4. The molecule has 0 radical (unpaired) electrons. The van der Waals surface area contributed by atoms with Crippen molar-refractivity contribution in [2.45, 2.75) is 46.0 Å². The third-order valence-electron chi connectivity index (χ3n) is 4.69. The van der Waals surface area contributed by atoms with Gasteiger partial charge in [-0.3, -0.25) is 9.59 Å². The van der Waals surface area contributed by atoms with Crippen LogP contribution in [0.4, 0.5) is 11.4 Å². The largest absolute Gasteiger partial charge is 0.339 e. The molecular weight excluding hydrogens is 380 g/mol. The Hall–Kier alpha value is -3.48. The van der Waals surface area contributed by atoms with E-state index in [0.29, 0.717) is 47.9 Å². The van der Waals surface area contributed by atoms with Crippen LogP contribution in [0, 0.1) is 6.92 Å². The van der Waals surface area contributed by atoms with Crippen molar-refractivity contribution in [2.24, 2.45) is 0 Å². The van der Waals surface area contributed by atoms with E-state index in [1.165, 1.54) is 0 Å². The zero-order valence-corrected chi connectivity index (χ0v) is 17.4. The molecule has 0 bridgehead atoms. The summed E-state index contributed by atoms with van der Waals surface area (Å²) >= 11 is 0. The Bertz CT molecular complexity index is 1010. The summed E-state index contributed by atoms with van der Waals surface area (Å²) in [6.45, 7) is 5.86. The summed E-state index contributed by atoms with van der Waals surface area (Å²) in [6, 6.07) is 14.4. The van der Waals surface area contributed by atoms with Gasteiger partial charge in [-0.25, -0.2) is 0 Å². The number of benzene rings is 2. The normalized spacial score (nSPS) is 10.8. The lowest BCUT2D eigenvalue weighted by Crippen LogP contribution is -2.15. The molecule has 2 amide bonds. The summed E-state index contributed by atoms with van der Waals surface area (Å²) in [7, 11) is 0. The van der Waals surface area contributed by atoms with Crippen LogP contribution in [0.25, 0.3) is 0 Å². The molecular formula is C23H26N4O3. The van der Waals surface area contributed by atoms with Gasteiger partial charge in [0.15, 0.2) is 5.82 Å². The Morgan fingerprint density at radius 3 is 2.37 bits per heavy atom. The molecule has 30 heavy (non-hydrogen) atoms. The number of carbonyl (C=O) groups is 2. The summed E-state index contributed by atoms with van der Waals surface area (Å²) in [6.07, 6.45) is 1.49. The third kappa shape index (κ3) is 5.53. The SMILES string of the molecule is Cc1c(NC(=O)CCCc2nc(C(C)C)no2)cccc1NC(=O)c1ccccc1. The highest BCUT2D eigenvalue weighted by Gasteiger charge is 2.13. The molecule has 2 N–H and O–H groups in total. The van der Waals surface area contributed by atoms with Crippen LogP contribution in [0.5, 0.6) is 0 Å². The van der Waals surface area contributed by atoms with Gasteiger partial charge in [0.25, 0.3) is 5.91 Å². The number of hydrogen-bond donors (Lipinski definition) is 2. The quantitative estimate of drug-likeness (QED) is 0.564. The number of anilines is 2. The van der Waals surface area contributed by atoms with Crippen LogP contribution in [0.2, 0.25) is 0 Å². The molecule has 0 aliphatic heterocycles. The van der Waals surface area contributed by atoms with Crippen LogP contribution >= 0.6 is 0 Å². The average Bonchev–Trinajstić information content (AvgIpc) is 3.21. The van der Waals surface area contributed by atoms with Crippen molar-refractivity contribution >= 4 is 23.2 Å². The number of carbonyl (C=O) groups excluding carboxylic acids is 2. The van der Waals surface area contributed by atoms with Gasteiger partial charge in [0.05, 0.1) is 0 Å². The van der Waals surface area contributed by atoms with E-state index in [-0.39, 0.29) is 17.7 Å². The van der Waals surface area contributed by atoms with E-state index in [2.05, 4.69) is 20.8 Å². The van der Waals surface area contributed by atoms with Crippen molar-refractivity contribution in [2.75, 3.05) is 10.6 Å². The molecule has 0 atom stereocenters. The summed E-state index contributed by atoms with van der Waals surface area (Å²) in [5.41, 5.74) is 2.71. The van der Waals surface area contributed by atoms with Crippen LogP contribution in [-0.2, 0) is 11.2 Å². The van der Waals surface area contributed by atoms with Gasteiger partial charge < -0.3 is 15.2 Å². The van der Waals surface area contributed by atoms with Gasteiger partial charge in [0.2, 0.25) is 11.8 Å². The van der Waals surface area contributed by atoms with E-state index in [9.17, 15) is 9.59 Å². The highest BCUT2D eigenvalue weighted by Crippen LogP contribution is 2.24. The molecule has 0 saturated heterocycles. The number of aryl methyl sites for hydroxylation is 1. The van der Waals surface area contributed by atoms with Crippen LogP contribution in [0.3, 0.4) is 0 Å². The Morgan fingerprint density at radius 2 is 1.70 bits per heavy atom. The van der Waals surface area contributed by atoms with E-state index in [4.69, 9.17) is 4.52 Å². The van der Waals surface area contributed by atoms with Gasteiger partial charge in [-0.15, -0.1) is 0 Å². The molecule has 3 rings (SSSR count). The molecule has 1 aromatic heterocycles. The predicted octanol–water partition coefficient (Wildman–Crippen LogP) is 4.72. The molecule has 0 aliphatic rings. The van der Waals surface area contributed by atoms with E-state index in [1.807, 2.05) is 51.1 Å². The molecule has 7 nitrogen and oxygen atoms in total. The number of hydrogen-bond acceptors (Lipinski definition) is 5. The van der Waals surface area contributed by atoms with Crippen molar-refractivity contribution in [3.63, 3.8) is 0 Å². The fourth-order valence-corrected chi connectivity index (χ4v) is 2.91. The fourth-order valence-electron chi connectivity index (χ4n) is 2.91. The van der Waals surface area contributed by atoms with Crippen LogP contribution in [0.15, 0.2) is 53.1 Å². The Balaban J connectivity index is 1.55. The van der Waals surface area contributed by atoms with Gasteiger partial charge in [-0.05, 0) is 43.2 Å². The first-order valence-corrected chi connectivity index (χ1v) is 10.0. The van der Waals surface area contributed by atoms with Crippen LogP contribution < -0.4 is 10.6 Å². The first-order chi connectivity index (χ1) is 14.4. The van der Waals surface area contributed by atoms with E-state index in [1.54, 1.807) is 18.2 Å². The minimum atomic E-state index is -0.192. The number of amides is 2. The lowest BCUT2D eigenvalue weighted by molar-refractivity contribution is -0.116. The minimum Gasteiger partial charge on any atom is -0.339 e. The molecule has 0 saturated carbocycles. The second-order valence-electron chi connectivity index (χ2n) is 7.40. The number of rotatable bonds is 8. The summed E-state index contributed by atoms with van der Waals surface area (Å²) in [4.78, 5) is 29.1. The number of aromatic nitrogens is 2. The van der Waals surface area contributed by atoms with Crippen LogP contribution in [0.1, 0.15) is 60.2 Å². The molecule has 3 aromatic rings. The van der Waals surface area contributed by atoms with E-state index in [0.717, 1.165) is 5.56 Å².